The van der Waals surface area contributed by atoms with Gasteiger partial charge in [-0.15, -0.1) is 0 Å². The number of nitrogen functional groups attached to an aromatic ring is 1. The molecular weight excluding hydrogens is 602 g/mol. The number of carbonyl (C=O) groups excluding carboxylic acids is 3. The van der Waals surface area contributed by atoms with Gasteiger partial charge >= 0.3 is 5.69 Å². The smallest absolute Gasteiger partial charge is 0.351 e. The summed E-state index contributed by atoms with van der Waals surface area (Å²) in [6.07, 6.45) is -9.05. The van der Waals surface area contributed by atoms with E-state index in [4.69, 9.17) is 20.9 Å². The summed E-state index contributed by atoms with van der Waals surface area (Å²) in [7, 11) is 0. The number of nitrogens with one attached hydrogen (secondary N) is 3. The fourth-order valence-electron chi connectivity index (χ4n) is 4.92. The molecule has 3 heterocycles. The van der Waals surface area contributed by atoms with Gasteiger partial charge in [0.1, 0.15) is 48.5 Å². The van der Waals surface area contributed by atoms with Crippen molar-refractivity contribution in [3.63, 3.8) is 0 Å². The van der Waals surface area contributed by atoms with E-state index in [1.165, 1.54) is 12.3 Å². The third-order valence-electron chi connectivity index (χ3n) is 7.33. The first-order valence-electron chi connectivity index (χ1n) is 14.2. The zero-order chi connectivity index (χ0) is 33.4. The molecule has 0 aromatic carbocycles. The lowest BCUT2D eigenvalue weighted by Gasteiger charge is -2.38. The molecule has 0 bridgehead atoms. The molecule has 0 radical (unpaired) electrons. The Kier molecular flexibility index (Phi) is 12.8. The molecule has 19 nitrogen and oxygen atoms in total. The van der Waals surface area contributed by atoms with E-state index in [1.807, 2.05) is 0 Å². The number of rotatable bonds is 14. The first-order valence-corrected chi connectivity index (χ1v) is 14.2. The van der Waals surface area contributed by atoms with E-state index in [9.17, 15) is 49.8 Å². The van der Waals surface area contributed by atoms with Crippen LogP contribution in [0.25, 0.3) is 0 Å². The largest absolute Gasteiger partial charge is 0.480 e. The average molecular weight is 644 g/mol. The highest BCUT2D eigenvalue weighted by molar-refractivity contribution is 5.95. The lowest BCUT2D eigenvalue weighted by atomic mass is 9.93. The highest BCUT2D eigenvalue weighted by Crippen LogP contribution is 2.28. The van der Waals surface area contributed by atoms with Crippen molar-refractivity contribution in [2.75, 3.05) is 25.4 Å². The van der Waals surface area contributed by atoms with Gasteiger partial charge in [0.15, 0.2) is 18.1 Å². The Bertz CT molecular complexity index is 1280. The maximum Gasteiger partial charge on any atom is 0.351 e. The molecule has 1 fully saturated rings. The zero-order valence-electron chi connectivity index (χ0n) is 24.4. The quantitative estimate of drug-likeness (QED) is 0.0841. The second kappa shape index (κ2) is 16.0. The fraction of sp³-hybridized carbons (Fsp3) is 0.654. The van der Waals surface area contributed by atoms with E-state index in [0.29, 0.717) is 19.4 Å². The van der Waals surface area contributed by atoms with Crippen molar-refractivity contribution >= 4 is 23.5 Å². The number of hydrogen-bond donors (Lipinski definition) is 11. The number of aliphatic hydroxyl groups excluding tert-OH is 6. The highest BCUT2D eigenvalue weighted by atomic mass is 16.6. The number of carbonyl (C=O) groups is 3. The molecule has 2 aliphatic heterocycles. The molecule has 45 heavy (non-hydrogen) atoms. The number of anilines is 1. The van der Waals surface area contributed by atoms with Crippen LogP contribution >= 0.6 is 0 Å². The number of aliphatic hydroxyl groups is 6. The minimum atomic E-state index is -1.83. The predicted octanol–water partition coefficient (Wildman–Crippen LogP) is -5.96. The van der Waals surface area contributed by atoms with Gasteiger partial charge in [-0.3, -0.25) is 19.0 Å². The van der Waals surface area contributed by atoms with Gasteiger partial charge in [-0.1, -0.05) is 0 Å². The number of unbranched alkanes of at least 4 members (excludes halogenated alkanes) is 1. The third kappa shape index (κ3) is 8.95. The van der Waals surface area contributed by atoms with Crippen molar-refractivity contribution in [3.05, 3.63) is 34.6 Å². The summed E-state index contributed by atoms with van der Waals surface area (Å²) in [6.45, 7) is 0.225. The van der Waals surface area contributed by atoms with Gasteiger partial charge in [-0.25, -0.2) is 4.79 Å². The van der Waals surface area contributed by atoms with Gasteiger partial charge in [0.2, 0.25) is 11.8 Å². The number of aromatic nitrogens is 2. The van der Waals surface area contributed by atoms with E-state index in [-0.39, 0.29) is 18.8 Å². The van der Waals surface area contributed by atoms with Gasteiger partial charge < -0.3 is 67.5 Å². The summed E-state index contributed by atoms with van der Waals surface area (Å²) >= 11 is 0. The highest BCUT2D eigenvalue weighted by Gasteiger charge is 2.45. The van der Waals surface area contributed by atoms with Gasteiger partial charge in [-0.05, 0) is 37.9 Å². The molecule has 3 rings (SSSR count). The molecule has 2 aliphatic rings. The molecule has 0 aliphatic carbocycles. The molecule has 13 N–H and O–H groups in total. The van der Waals surface area contributed by atoms with E-state index < -0.39 is 96.8 Å². The van der Waals surface area contributed by atoms with Gasteiger partial charge in [-0.2, -0.15) is 4.98 Å². The average Bonchev–Trinajstić information content (AvgIpc) is 3.27. The van der Waals surface area contributed by atoms with Gasteiger partial charge in [0, 0.05) is 19.7 Å². The molecule has 0 saturated carbocycles. The van der Waals surface area contributed by atoms with Crippen LogP contribution in [0, 0.1) is 0 Å². The van der Waals surface area contributed by atoms with E-state index in [2.05, 4.69) is 20.9 Å². The van der Waals surface area contributed by atoms with Crippen molar-refractivity contribution in [1.82, 2.24) is 25.5 Å². The molecular formula is C26H41N7O12. The molecule has 1 aromatic rings. The molecule has 19 heteroatoms. The van der Waals surface area contributed by atoms with Crippen LogP contribution in [-0.4, -0.2) is 132 Å². The summed E-state index contributed by atoms with van der Waals surface area (Å²) in [4.78, 5) is 53.8. The lowest BCUT2D eigenvalue weighted by molar-refractivity contribution is -0.141. The Morgan fingerprint density at radius 2 is 1.87 bits per heavy atom. The summed E-state index contributed by atoms with van der Waals surface area (Å²) in [5, 5.41) is 68.6. The molecule has 1 saturated heterocycles. The minimum absolute atomic E-state index is 0.0540. The summed E-state index contributed by atoms with van der Waals surface area (Å²) in [5.74, 6) is -2.90. The van der Waals surface area contributed by atoms with Crippen molar-refractivity contribution in [3.8, 4) is 0 Å². The normalized spacial score (nSPS) is 28.3. The summed E-state index contributed by atoms with van der Waals surface area (Å²) in [5.41, 5.74) is 10.2. The Morgan fingerprint density at radius 3 is 2.49 bits per heavy atom. The fourth-order valence-corrected chi connectivity index (χ4v) is 4.92. The van der Waals surface area contributed by atoms with Crippen molar-refractivity contribution < 1.29 is 54.5 Å². The molecule has 3 amide bonds. The number of amides is 3. The van der Waals surface area contributed by atoms with Crippen molar-refractivity contribution in [2.45, 2.75) is 87.2 Å². The Morgan fingerprint density at radius 1 is 1.16 bits per heavy atom. The number of ether oxygens (including phenoxy) is 2. The molecule has 0 unspecified atom stereocenters. The van der Waals surface area contributed by atoms with E-state index in [0.717, 1.165) is 17.6 Å². The van der Waals surface area contributed by atoms with Crippen LogP contribution in [0.2, 0.25) is 0 Å². The van der Waals surface area contributed by atoms with Crippen molar-refractivity contribution in [1.29, 1.82) is 0 Å². The topological polar surface area (TPSA) is 314 Å². The standard InChI is InChI=1S/C26H41N7O12/c1-11(35)30-18-13(36)8-15(44-22(18)19(38)14(37)10-34)24(42)31-12(4-2-3-6-27)23(41)29-9-16-20(39)21(40)25(45-16)33-7-5-17(28)32-26(33)43/h5,7-8,12-14,16,18-22,25,34,36-40H,2-4,6,9-10,27H2,1H3,(H,29,41)(H,30,35)(H,31,42)(H2,28,32,43)/t12-,13-,14+,16+,18+,19+,20+,21+,22+,25+/m0/s1. The first-order chi connectivity index (χ1) is 21.3. The van der Waals surface area contributed by atoms with Crippen molar-refractivity contribution in [2.24, 2.45) is 5.73 Å². The molecule has 0 spiro atoms. The maximum absolute atomic E-state index is 13.2. The van der Waals surface area contributed by atoms with Crippen LogP contribution in [0.1, 0.15) is 32.4 Å². The molecule has 1 aromatic heterocycles. The Balaban J connectivity index is 1.71. The summed E-state index contributed by atoms with van der Waals surface area (Å²) in [6, 6.07) is -1.19. The Hall–Kier alpha value is -3.69. The lowest BCUT2D eigenvalue weighted by Crippen LogP contribution is -2.60. The van der Waals surface area contributed by atoms with Gasteiger partial charge in [0.05, 0.1) is 12.6 Å². The van der Waals surface area contributed by atoms with Crippen LogP contribution < -0.4 is 33.1 Å². The molecule has 252 valence electrons. The van der Waals surface area contributed by atoms with Crippen LogP contribution in [-0.2, 0) is 23.9 Å². The van der Waals surface area contributed by atoms with Crippen LogP contribution in [0.3, 0.4) is 0 Å². The van der Waals surface area contributed by atoms with E-state index >= 15 is 0 Å². The number of hydrogen-bond acceptors (Lipinski definition) is 15. The van der Waals surface area contributed by atoms with E-state index in [1.54, 1.807) is 0 Å². The minimum Gasteiger partial charge on any atom is -0.480 e. The number of nitrogens with two attached hydrogens (primary N) is 2. The number of nitrogens with zero attached hydrogens (tertiary/aromatic N) is 2. The monoisotopic (exact) mass is 643 g/mol. The van der Waals surface area contributed by atoms with Crippen LogP contribution in [0.4, 0.5) is 5.82 Å². The first kappa shape index (κ1) is 35.8. The zero-order valence-corrected chi connectivity index (χ0v) is 24.4. The second-order valence-corrected chi connectivity index (χ2v) is 10.7. The van der Waals surface area contributed by atoms with Crippen LogP contribution in [0.15, 0.2) is 28.9 Å². The predicted molar refractivity (Wildman–Crippen MR) is 152 cm³/mol. The third-order valence-corrected chi connectivity index (χ3v) is 7.33. The maximum atomic E-state index is 13.2. The SMILES string of the molecule is CC(=O)N[C@H]1[C@H]([C@H](O)[C@H](O)CO)OC(C(=O)N[C@@H](CCCCN)C(=O)NC[C@H]2O[C@@H](n3ccc(N)nc3=O)[C@H](O)[C@@H]2O)=C[C@@H]1O. The molecule has 10 atom stereocenters. The Labute approximate surface area is 256 Å². The second-order valence-electron chi connectivity index (χ2n) is 10.7. The van der Waals surface area contributed by atoms with Gasteiger partial charge in [0.25, 0.3) is 5.91 Å². The van der Waals surface area contributed by atoms with Crippen LogP contribution in [0.5, 0.6) is 0 Å². The summed E-state index contributed by atoms with van der Waals surface area (Å²) < 4.78 is 12.1.